The van der Waals surface area contributed by atoms with Crippen LogP contribution in [0.25, 0.3) is 16.7 Å². The zero-order chi connectivity index (χ0) is 22.3. The van der Waals surface area contributed by atoms with E-state index in [1.165, 1.54) is 0 Å². The fraction of sp³-hybridized carbons (Fsp3) is 0.391. The van der Waals surface area contributed by atoms with Gasteiger partial charge in [0.1, 0.15) is 5.52 Å². The fourth-order valence-electron chi connectivity index (χ4n) is 3.38. The third-order valence-corrected chi connectivity index (χ3v) is 4.94. The minimum absolute atomic E-state index is 0.163. The Morgan fingerprint density at radius 2 is 1.77 bits per heavy atom. The van der Waals surface area contributed by atoms with E-state index >= 15 is 4.39 Å². The molecule has 1 heterocycles. The van der Waals surface area contributed by atoms with Crippen LogP contribution in [0.5, 0.6) is 0 Å². The Labute approximate surface area is 178 Å². The molecule has 0 aliphatic rings. The summed E-state index contributed by atoms with van der Waals surface area (Å²) in [6.07, 6.45) is 0.476. The molecule has 0 bridgehead atoms. The molecule has 0 aliphatic carbocycles. The molecule has 160 valence electrons. The molecular formula is C23H29FN3O2P. The van der Waals surface area contributed by atoms with Gasteiger partial charge in [0.15, 0.2) is 5.82 Å². The lowest BCUT2D eigenvalue weighted by molar-refractivity contribution is -0.117. The van der Waals surface area contributed by atoms with Crippen molar-refractivity contribution >= 4 is 37.4 Å². The largest absolute Gasteiger partial charge is 0.390 e. The predicted molar refractivity (Wildman–Crippen MR) is 123 cm³/mol. The number of aliphatic hydroxyl groups is 1. The van der Waals surface area contributed by atoms with Crippen molar-refractivity contribution < 1.29 is 14.3 Å². The van der Waals surface area contributed by atoms with Crippen LogP contribution >= 0.6 is 9.24 Å². The van der Waals surface area contributed by atoms with Crippen LogP contribution in [-0.2, 0) is 11.2 Å². The molecule has 0 saturated carbocycles. The van der Waals surface area contributed by atoms with Gasteiger partial charge in [-0.2, -0.15) is 0 Å². The van der Waals surface area contributed by atoms with Gasteiger partial charge in [0, 0.05) is 18.5 Å². The SMILES string of the molecule is CC(C)(C)CC(=O)Nc1nc2ccc(CC(C)(C)O)c(F)c2n1-c1ccc(P)cc1. The predicted octanol–water partition coefficient (Wildman–Crippen LogP) is 4.35. The van der Waals surface area contributed by atoms with E-state index < -0.39 is 11.4 Å². The summed E-state index contributed by atoms with van der Waals surface area (Å²) in [4.78, 5) is 17.1. The maximum absolute atomic E-state index is 15.6. The molecule has 0 saturated heterocycles. The Morgan fingerprint density at radius 3 is 2.33 bits per heavy atom. The van der Waals surface area contributed by atoms with Gasteiger partial charge in [0.2, 0.25) is 11.9 Å². The molecule has 30 heavy (non-hydrogen) atoms. The molecule has 1 amide bonds. The quantitative estimate of drug-likeness (QED) is 0.593. The molecule has 1 atom stereocenters. The fourth-order valence-corrected chi connectivity index (χ4v) is 3.57. The Morgan fingerprint density at radius 1 is 1.13 bits per heavy atom. The third kappa shape index (κ3) is 5.24. The molecule has 3 rings (SSSR count). The van der Waals surface area contributed by atoms with Gasteiger partial charge in [-0.15, -0.1) is 9.24 Å². The number of imidazole rings is 1. The van der Waals surface area contributed by atoms with E-state index in [9.17, 15) is 9.90 Å². The van der Waals surface area contributed by atoms with Crippen molar-refractivity contribution in [2.24, 2.45) is 5.41 Å². The molecule has 1 unspecified atom stereocenters. The van der Waals surface area contributed by atoms with Crippen molar-refractivity contribution in [3.05, 3.63) is 47.8 Å². The Kier molecular flexibility index (Phi) is 6.03. The lowest BCUT2D eigenvalue weighted by Crippen LogP contribution is -2.22. The second-order valence-electron chi connectivity index (χ2n) is 9.54. The number of hydrogen-bond acceptors (Lipinski definition) is 3. The average Bonchev–Trinajstić information content (AvgIpc) is 2.94. The second kappa shape index (κ2) is 8.09. The number of nitrogens with one attached hydrogen (secondary N) is 1. The van der Waals surface area contributed by atoms with Gasteiger partial charge in [-0.1, -0.05) is 39.0 Å². The summed E-state index contributed by atoms with van der Waals surface area (Å²) < 4.78 is 17.2. The van der Waals surface area contributed by atoms with E-state index in [1.807, 2.05) is 45.0 Å². The first-order chi connectivity index (χ1) is 13.8. The van der Waals surface area contributed by atoms with Crippen molar-refractivity contribution in [2.75, 3.05) is 5.32 Å². The zero-order valence-electron chi connectivity index (χ0n) is 18.1. The molecule has 0 fully saturated rings. The van der Waals surface area contributed by atoms with Gasteiger partial charge in [-0.05, 0) is 48.3 Å². The normalized spacial score (nSPS) is 12.4. The van der Waals surface area contributed by atoms with Crippen molar-refractivity contribution in [1.29, 1.82) is 0 Å². The zero-order valence-corrected chi connectivity index (χ0v) is 19.2. The number of benzene rings is 2. The summed E-state index contributed by atoms with van der Waals surface area (Å²) in [5, 5.41) is 14.0. The number of carbonyl (C=O) groups excluding carboxylic acids is 1. The number of fused-ring (bicyclic) bond motifs is 1. The van der Waals surface area contributed by atoms with Gasteiger partial charge in [0.25, 0.3) is 0 Å². The first-order valence-corrected chi connectivity index (χ1v) is 10.5. The maximum Gasteiger partial charge on any atom is 0.227 e. The van der Waals surface area contributed by atoms with Crippen LogP contribution in [0.15, 0.2) is 36.4 Å². The highest BCUT2D eigenvalue weighted by molar-refractivity contribution is 7.27. The van der Waals surface area contributed by atoms with E-state index in [0.29, 0.717) is 23.2 Å². The number of nitrogens with zero attached hydrogens (tertiary/aromatic N) is 2. The molecule has 0 aliphatic heterocycles. The van der Waals surface area contributed by atoms with Gasteiger partial charge in [0.05, 0.1) is 11.1 Å². The highest BCUT2D eigenvalue weighted by atomic mass is 31.0. The number of hydrogen-bond donors (Lipinski definition) is 2. The van der Waals surface area contributed by atoms with Crippen LogP contribution in [-0.4, -0.2) is 26.2 Å². The van der Waals surface area contributed by atoms with E-state index in [4.69, 9.17) is 0 Å². The average molecular weight is 429 g/mol. The summed E-state index contributed by atoms with van der Waals surface area (Å²) in [6, 6.07) is 10.9. The first kappa shape index (κ1) is 22.4. The molecular weight excluding hydrogens is 400 g/mol. The number of halogens is 1. The first-order valence-electron chi connectivity index (χ1n) is 9.92. The molecule has 2 aromatic carbocycles. The Hall–Kier alpha value is -2.30. The molecule has 7 heteroatoms. The number of aromatic nitrogens is 2. The van der Waals surface area contributed by atoms with E-state index in [0.717, 1.165) is 5.30 Å². The maximum atomic E-state index is 15.6. The molecule has 1 aromatic heterocycles. The standard InChI is InChI=1S/C23H29FN3O2P/c1-22(2,3)13-18(28)26-21-25-17-11-6-14(12-23(4,5)29)19(24)20(17)27(21)15-7-9-16(30)10-8-15/h6-11,29H,12-13,30H2,1-5H3,(H,25,26,28). The second-order valence-corrected chi connectivity index (χ2v) is 10.2. The van der Waals surface area contributed by atoms with E-state index in [2.05, 4.69) is 19.5 Å². The third-order valence-electron chi connectivity index (χ3n) is 4.55. The Balaban J connectivity index is 2.18. The van der Waals surface area contributed by atoms with Gasteiger partial charge < -0.3 is 5.11 Å². The number of amides is 1. The number of rotatable bonds is 5. The van der Waals surface area contributed by atoms with E-state index in [-0.39, 0.29) is 29.2 Å². The van der Waals surface area contributed by atoms with Gasteiger partial charge >= 0.3 is 0 Å². The van der Waals surface area contributed by atoms with Crippen LogP contribution in [0.4, 0.5) is 10.3 Å². The van der Waals surface area contributed by atoms with Crippen LogP contribution in [0.2, 0.25) is 0 Å². The highest BCUT2D eigenvalue weighted by Gasteiger charge is 2.24. The van der Waals surface area contributed by atoms with Crippen molar-refractivity contribution in [3.63, 3.8) is 0 Å². The minimum Gasteiger partial charge on any atom is -0.390 e. The van der Waals surface area contributed by atoms with Gasteiger partial charge in [-0.25, -0.2) is 9.37 Å². The Bertz CT molecular complexity index is 1080. The minimum atomic E-state index is -1.05. The summed E-state index contributed by atoms with van der Waals surface area (Å²) >= 11 is 0. The van der Waals surface area contributed by atoms with Crippen molar-refractivity contribution in [3.8, 4) is 5.69 Å². The molecule has 0 radical (unpaired) electrons. The highest BCUT2D eigenvalue weighted by Crippen LogP contribution is 2.30. The van der Waals surface area contributed by atoms with E-state index in [1.54, 1.807) is 30.5 Å². The molecule has 5 nitrogen and oxygen atoms in total. The lowest BCUT2D eigenvalue weighted by Gasteiger charge is -2.18. The summed E-state index contributed by atoms with van der Waals surface area (Å²) in [7, 11) is 2.61. The van der Waals surface area contributed by atoms with Crippen molar-refractivity contribution in [1.82, 2.24) is 9.55 Å². The summed E-state index contributed by atoms with van der Waals surface area (Å²) in [5.74, 6) is -0.359. The lowest BCUT2D eigenvalue weighted by atomic mass is 9.92. The summed E-state index contributed by atoms with van der Waals surface area (Å²) in [6.45, 7) is 9.23. The van der Waals surface area contributed by atoms with Crippen LogP contribution in [0, 0.1) is 11.2 Å². The molecule has 0 spiro atoms. The molecule has 3 aromatic rings. The molecule has 2 N–H and O–H groups in total. The van der Waals surface area contributed by atoms with Gasteiger partial charge in [-0.3, -0.25) is 14.7 Å². The smallest absolute Gasteiger partial charge is 0.227 e. The van der Waals surface area contributed by atoms with Crippen molar-refractivity contribution in [2.45, 2.75) is 53.1 Å². The van der Waals surface area contributed by atoms with Crippen LogP contribution in [0.3, 0.4) is 0 Å². The summed E-state index contributed by atoms with van der Waals surface area (Å²) in [5.41, 5.74) is 0.560. The monoisotopic (exact) mass is 429 g/mol. The van der Waals surface area contributed by atoms with Crippen LogP contribution in [0.1, 0.15) is 46.6 Å². The van der Waals surface area contributed by atoms with Crippen LogP contribution < -0.4 is 10.6 Å². The number of anilines is 1. The number of carbonyl (C=O) groups is 1. The topological polar surface area (TPSA) is 67.2 Å².